The van der Waals surface area contributed by atoms with E-state index in [2.05, 4.69) is 47.3 Å². The summed E-state index contributed by atoms with van der Waals surface area (Å²) >= 11 is 0. The molecule has 128 valence electrons. The van der Waals surface area contributed by atoms with Crippen LogP contribution in [0, 0.1) is 5.92 Å². The SMILES string of the molecule is CN(C)CC1CCc2cc(-c3nc(-c4ccccc4)no3)ccc2C1. The summed E-state index contributed by atoms with van der Waals surface area (Å²) in [6.45, 7) is 1.16. The number of rotatable bonds is 4. The third-order valence-corrected chi connectivity index (χ3v) is 4.87. The molecule has 4 rings (SSSR count). The van der Waals surface area contributed by atoms with Gasteiger partial charge in [-0.05, 0) is 62.5 Å². The van der Waals surface area contributed by atoms with E-state index in [0.29, 0.717) is 11.7 Å². The van der Waals surface area contributed by atoms with Gasteiger partial charge in [0, 0.05) is 17.7 Å². The molecule has 0 bridgehead atoms. The molecule has 1 heterocycles. The van der Waals surface area contributed by atoms with E-state index in [1.54, 1.807) is 0 Å². The molecule has 2 aromatic carbocycles. The first kappa shape index (κ1) is 16.0. The Morgan fingerprint density at radius 1 is 1.04 bits per heavy atom. The molecule has 25 heavy (non-hydrogen) atoms. The lowest BCUT2D eigenvalue weighted by Crippen LogP contribution is -2.26. The molecular weight excluding hydrogens is 310 g/mol. The summed E-state index contributed by atoms with van der Waals surface area (Å²) in [6, 6.07) is 16.5. The van der Waals surface area contributed by atoms with Crippen molar-refractivity contribution in [3.05, 3.63) is 59.7 Å². The Balaban J connectivity index is 1.56. The van der Waals surface area contributed by atoms with Crippen LogP contribution < -0.4 is 0 Å². The minimum atomic E-state index is 0.595. The largest absolute Gasteiger partial charge is 0.334 e. The Morgan fingerprint density at radius 3 is 2.68 bits per heavy atom. The van der Waals surface area contributed by atoms with Crippen molar-refractivity contribution in [2.24, 2.45) is 5.92 Å². The van der Waals surface area contributed by atoms with Crippen molar-refractivity contribution in [1.29, 1.82) is 0 Å². The van der Waals surface area contributed by atoms with Crippen LogP contribution in [0.15, 0.2) is 53.1 Å². The van der Waals surface area contributed by atoms with Crippen molar-refractivity contribution in [1.82, 2.24) is 15.0 Å². The van der Waals surface area contributed by atoms with Gasteiger partial charge in [-0.2, -0.15) is 4.98 Å². The van der Waals surface area contributed by atoms with Gasteiger partial charge in [0.1, 0.15) is 0 Å². The molecule has 0 saturated heterocycles. The van der Waals surface area contributed by atoms with Crippen LogP contribution in [0.25, 0.3) is 22.8 Å². The minimum Gasteiger partial charge on any atom is -0.334 e. The fraction of sp³-hybridized carbons (Fsp3) is 0.333. The van der Waals surface area contributed by atoms with Crippen molar-refractivity contribution >= 4 is 0 Å². The number of nitrogens with zero attached hydrogens (tertiary/aromatic N) is 3. The average Bonchev–Trinajstić information content (AvgIpc) is 3.12. The third-order valence-electron chi connectivity index (χ3n) is 4.87. The highest BCUT2D eigenvalue weighted by Crippen LogP contribution is 2.30. The standard InChI is InChI=1S/C21H23N3O/c1-24(2)14-15-8-9-18-13-19(11-10-17(18)12-15)21-22-20(23-25-21)16-6-4-3-5-7-16/h3-7,10-11,13,15H,8-9,12,14H2,1-2H3. The Hall–Kier alpha value is -2.46. The molecule has 3 aromatic rings. The lowest BCUT2D eigenvalue weighted by molar-refractivity contribution is 0.303. The second kappa shape index (κ2) is 6.81. The first-order valence-corrected chi connectivity index (χ1v) is 8.85. The van der Waals surface area contributed by atoms with Gasteiger partial charge in [-0.1, -0.05) is 41.6 Å². The van der Waals surface area contributed by atoms with Gasteiger partial charge in [0.15, 0.2) is 0 Å². The zero-order valence-corrected chi connectivity index (χ0v) is 14.8. The number of fused-ring (bicyclic) bond motifs is 1. The van der Waals surface area contributed by atoms with E-state index in [1.165, 1.54) is 17.5 Å². The number of aromatic nitrogens is 2. The maximum atomic E-state index is 5.50. The molecule has 0 spiro atoms. The highest BCUT2D eigenvalue weighted by molar-refractivity contribution is 5.61. The van der Waals surface area contributed by atoms with Gasteiger partial charge in [0.25, 0.3) is 5.89 Å². The fourth-order valence-electron chi connectivity index (χ4n) is 3.68. The van der Waals surface area contributed by atoms with Gasteiger partial charge in [-0.3, -0.25) is 0 Å². The van der Waals surface area contributed by atoms with Gasteiger partial charge in [-0.15, -0.1) is 0 Å². The Morgan fingerprint density at radius 2 is 1.88 bits per heavy atom. The Bertz CT molecular complexity index is 855. The van der Waals surface area contributed by atoms with Crippen LogP contribution in [0.2, 0.25) is 0 Å². The lowest BCUT2D eigenvalue weighted by atomic mass is 9.83. The van der Waals surface area contributed by atoms with E-state index in [0.717, 1.165) is 36.4 Å². The molecule has 1 aliphatic rings. The van der Waals surface area contributed by atoms with Crippen molar-refractivity contribution in [3.8, 4) is 22.8 Å². The summed E-state index contributed by atoms with van der Waals surface area (Å²) in [5.74, 6) is 1.98. The van der Waals surface area contributed by atoms with Gasteiger partial charge in [-0.25, -0.2) is 0 Å². The van der Waals surface area contributed by atoms with E-state index >= 15 is 0 Å². The zero-order valence-electron chi connectivity index (χ0n) is 14.8. The second-order valence-electron chi connectivity index (χ2n) is 7.14. The third kappa shape index (κ3) is 3.49. The average molecular weight is 333 g/mol. The molecule has 0 radical (unpaired) electrons. The van der Waals surface area contributed by atoms with E-state index < -0.39 is 0 Å². The van der Waals surface area contributed by atoms with Gasteiger partial charge in [0.2, 0.25) is 5.82 Å². The summed E-state index contributed by atoms with van der Waals surface area (Å²) in [7, 11) is 4.30. The molecule has 1 aromatic heterocycles. The molecule has 0 aliphatic heterocycles. The van der Waals surface area contributed by atoms with Crippen LogP contribution >= 0.6 is 0 Å². The number of aryl methyl sites for hydroxylation is 1. The van der Waals surface area contributed by atoms with Gasteiger partial charge in [0.05, 0.1) is 0 Å². The molecule has 0 N–H and O–H groups in total. The summed E-state index contributed by atoms with van der Waals surface area (Å²) in [5, 5.41) is 4.13. The Kier molecular flexibility index (Phi) is 4.36. The first-order chi connectivity index (χ1) is 12.2. The summed E-state index contributed by atoms with van der Waals surface area (Å²) in [6.07, 6.45) is 3.53. The fourth-order valence-corrected chi connectivity index (χ4v) is 3.68. The predicted molar refractivity (Wildman–Crippen MR) is 99.2 cm³/mol. The molecule has 0 amide bonds. The van der Waals surface area contributed by atoms with Crippen LogP contribution in [0.5, 0.6) is 0 Å². The van der Waals surface area contributed by atoms with Crippen LogP contribution in [-0.2, 0) is 12.8 Å². The van der Waals surface area contributed by atoms with Crippen LogP contribution in [0.3, 0.4) is 0 Å². The predicted octanol–water partition coefficient (Wildman–Crippen LogP) is 4.07. The van der Waals surface area contributed by atoms with Crippen molar-refractivity contribution in [3.63, 3.8) is 0 Å². The van der Waals surface area contributed by atoms with Crippen LogP contribution in [0.4, 0.5) is 0 Å². The maximum absolute atomic E-state index is 5.50. The number of hydrogen-bond donors (Lipinski definition) is 0. The van der Waals surface area contributed by atoms with Gasteiger partial charge >= 0.3 is 0 Å². The van der Waals surface area contributed by atoms with E-state index in [-0.39, 0.29) is 0 Å². The molecule has 4 heteroatoms. The molecular formula is C21H23N3O. The zero-order chi connectivity index (χ0) is 17.2. The second-order valence-corrected chi connectivity index (χ2v) is 7.14. The van der Waals surface area contributed by atoms with Crippen LogP contribution in [0.1, 0.15) is 17.5 Å². The van der Waals surface area contributed by atoms with Crippen molar-refractivity contribution < 1.29 is 4.52 Å². The molecule has 1 aliphatic carbocycles. The van der Waals surface area contributed by atoms with Gasteiger partial charge < -0.3 is 9.42 Å². The smallest absolute Gasteiger partial charge is 0.258 e. The highest BCUT2D eigenvalue weighted by atomic mass is 16.5. The summed E-state index contributed by atoms with van der Waals surface area (Å²) < 4.78 is 5.50. The molecule has 0 saturated carbocycles. The lowest BCUT2D eigenvalue weighted by Gasteiger charge is -2.27. The highest BCUT2D eigenvalue weighted by Gasteiger charge is 2.20. The molecule has 1 atom stereocenters. The van der Waals surface area contributed by atoms with Crippen LogP contribution in [-0.4, -0.2) is 35.7 Å². The summed E-state index contributed by atoms with van der Waals surface area (Å²) in [4.78, 5) is 6.85. The number of benzene rings is 2. The van der Waals surface area contributed by atoms with E-state index in [1.807, 2.05) is 30.3 Å². The maximum Gasteiger partial charge on any atom is 0.258 e. The van der Waals surface area contributed by atoms with E-state index in [9.17, 15) is 0 Å². The Labute approximate surface area is 148 Å². The first-order valence-electron chi connectivity index (χ1n) is 8.85. The molecule has 1 unspecified atom stereocenters. The monoisotopic (exact) mass is 333 g/mol. The minimum absolute atomic E-state index is 0.595. The summed E-state index contributed by atoms with van der Waals surface area (Å²) in [5.41, 5.74) is 4.87. The van der Waals surface area contributed by atoms with Crippen molar-refractivity contribution in [2.75, 3.05) is 20.6 Å². The quantitative estimate of drug-likeness (QED) is 0.722. The van der Waals surface area contributed by atoms with Crippen molar-refractivity contribution in [2.45, 2.75) is 19.3 Å². The number of hydrogen-bond acceptors (Lipinski definition) is 4. The molecule has 0 fully saturated rings. The van der Waals surface area contributed by atoms with E-state index in [4.69, 9.17) is 4.52 Å². The molecule has 4 nitrogen and oxygen atoms in total. The normalized spacial score (nSPS) is 16.8. The topological polar surface area (TPSA) is 42.2 Å².